The Morgan fingerprint density at radius 2 is 1.92 bits per heavy atom. The van der Waals surface area contributed by atoms with Gasteiger partial charge in [0.2, 0.25) is 5.52 Å². The minimum atomic E-state index is 0. The first-order chi connectivity index (χ1) is 5.77. The van der Waals surface area contributed by atoms with Gasteiger partial charge in [0.1, 0.15) is 7.05 Å². The Balaban J connectivity index is 0.000000845. The molecule has 2 rings (SSSR count). The molecule has 0 amide bonds. The van der Waals surface area contributed by atoms with E-state index in [0.717, 1.165) is 5.69 Å². The number of hydrogen-bond acceptors (Lipinski definition) is 1. The summed E-state index contributed by atoms with van der Waals surface area (Å²) in [5.74, 6) is 0. The topological polar surface area (TPSA) is 29.9 Å². The van der Waals surface area contributed by atoms with Gasteiger partial charge in [-0.2, -0.15) is 4.57 Å². The maximum absolute atomic E-state index is 5.70. The highest BCUT2D eigenvalue weighted by molar-refractivity contribution is 5.77. The fourth-order valence-corrected chi connectivity index (χ4v) is 1.44. The van der Waals surface area contributed by atoms with Crippen molar-refractivity contribution in [1.82, 2.24) is 0 Å². The average molecular weight is 286 g/mol. The van der Waals surface area contributed by atoms with Gasteiger partial charge in [-0.05, 0) is 12.1 Å². The van der Waals surface area contributed by atoms with Crippen LogP contribution in [0, 0.1) is 0 Å². The number of nitrogens with two attached hydrogens (primary N) is 1. The molecule has 2 nitrogen and oxygen atoms in total. The van der Waals surface area contributed by atoms with Gasteiger partial charge in [-0.25, -0.2) is 0 Å². The van der Waals surface area contributed by atoms with Crippen LogP contribution in [-0.2, 0) is 7.05 Å². The lowest BCUT2D eigenvalue weighted by molar-refractivity contribution is -0.644. The van der Waals surface area contributed by atoms with Gasteiger partial charge in [-0.15, -0.1) is 0 Å². The van der Waals surface area contributed by atoms with Gasteiger partial charge < -0.3 is 29.7 Å². The lowest BCUT2D eigenvalue weighted by Crippen LogP contribution is -3.00. The molecule has 0 aliphatic heterocycles. The van der Waals surface area contributed by atoms with Crippen molar-refractivity contribution in [2.24, 2.45) is 7.05 Å². The van der Waals surface area contributed by atoms with E-state index in [1.165, 1.54) is 10.9 Å². The summed E-state index contributed by atoms with van der Waals surface area (Å²) in [4.78, 5) is 0. The molecule has 0 atom stereocenters. The van der Waals surface area contributed by atoms with Gasteiger partial charge in [0.25, 0.3) is 0 Å². The molecule has 68 valence electrons. The normalized spacial score (nSPS) is 9.62. The summed E-state index contributed by atoms with van der Waals surface area (Å²) in [7, 11) is 2.00. The smallest absolute Gasteiger partial charge is 0.212 e. The Morgan fingerprint density at radius 3 is 2.69 bits per heavy atom. The molecule has 0 unspecified atom stereocenters. The zero-order chi connectivity index (χ0) is 8.55. The monoisotopic (exact) mass is 286 g/mol. The number of halogens is 1. The molecule has 0 radical (unpaired) electrons. The number of rotatable bonds is 0. The summed E-state index contributed by atoms with van der Waals surface area (Å²) < 4.78 is 2.03. The number of pyridine rings is 1. The van der Waals surface area contributed by atoms with E-state index in [1.807, 2.05) is 36.0 Å². The average Bonchev–Trinajstić information content (AvgIpc) is 2.04. The Labute approximate surface area is 94.4 Å². The third kappa shape index (κ3) is 1.91. The van der Waals surface area contributed by atoms with Gasteiger partial charge in [0.05, 0.1) is 5.69 Å². The van der Waals surface area contributed by atoms with Crippen LogP contribution in [0.2, 0.25) is 0 Å². The standard InChI is InChI=1S/C10H11N2.HI/c1-12-7-9(11)6-8-4-2-3-5-10(8)12;/h2-7H,11H2,1H3;1H/q+1;/p-1. The number of aryl methyl sites for hydroxylation is 1. The van der Waals surface area contributed by atoms with Crippen LogP contribution in [0.3, 0.4) is 0 Å². The number of para-hydroxylation sites is 1. The van der Waals surface area contributed by atoms with E-state index in [2.05, 4.69) is 12.1 Å². The zero-order valence-corrected chi connectivity index (χ0v) is 9.52. The Morgan fingerprint density at radius 1 is 1.23 bits per heavy atom. The van der Waals surface area contributed by atoms with Crippen LogP contribution in [0.15, 0.2) is 36.5 Å². The van der Waals surface area contributed by atoms with Gasteiger partial charge >= 0.3 is 0 Å². The molecule has 1 heterocycles. The molecule has 0 fully saturated rings. The van der Waals surface area contributed by atoms with Crippen molar-refractivity contribution >= 4 is 16.6 Å². The molecule has 1 aromatic carbocycles. The third-order valence-corrected chi connectivity index (χ3v) is 1.98. The van der Waals surface area contributed by atoms with Crippen molar-refractivity contribution in [3.05, 3.63) is 36.5 Å². The molecule has 1 aromatic heterocycles. The summed E-state index contributed by atoms with van der Waals surface area (Å²) in [5.41, 5.74) is 7.71. The zero-order valence-electron chi connectivity index (χ0n) is 7.37. The molecule has 2 aromatic rings. The van der Waals surface area contributed by atoms with Gasteiger partial charge in [-0.1, -0.05) is 12.1 Å². The quantitative estimate of drug-likeness (QED) is 0.452. The highest BCUT2D eigenvalue weighted by Crippen LogP contribution is 2.11. The van der Waals surface area contributed by atoms with Crippen molar-refractivity contribution in [2.75, 3.05) is 5.73 Å². The van der Waals surface area contributed by atoms with E-state index < -0.39 is 0 Å². The summed E-state index contributed by atoms with van der Waals surface area (Å²) >= 11 is 0. The molecule has 0 aliphatic rings. The van der Waals surface area contributed by atoms with E-state index in [4.69, 9.17) is 5.73 Å². The summed E-state index contributed by atoms with van der Waals surface area (Å²) in [6.07, 6.45) is 1.92. The van der Waals surface area contributed by atoms with Crippen LogP contribution in [0.25, 0.3) is 10.9 Å². The number of anilines is 1. The van der Waals surface area contributed by atoms with Crippen molar-refractivity contribution in [2.45, 2.75) is 0 Å². The minimum Gasteiger partial charge on any atom is -1.00 e. The van der Waals surface area contributed by atoms with E-state index in [9.17, 15) is 0 Å². The fourth-order valence-electron chi connectivity index (χ4n) is 1.44. The number of hydrogen-bond donors (Lipinski definition) is 1. The molecular weight excluding hydrogens is 275 g/mol. The van der Waals surface area contributed by atoms with Crippen molar-refractivity contribution < 1.29 is 28.5 Å². The Kier molecular flexibility index (Phi) is 3.08. The summed E-state index contributed by atoms with van der Waals surface area (Å²) in [6.45, 7) is 0. The second kappa shape index (κ2) is 3.91. The van der Waals surface area contributed by atoms with Gasteiger partial charge in [0.15, 0.2) is 6.20 Å². The maximum atomic E-state index is 5.70. The molecule has 0 saturated heterocycles. The number of nitrogens with zero attached hydrogens (tertiary/aromatic N) is 1. The molecule has 0 spiro atoms. The molecule has 13 heavy (non-hydrogen) atoms. The highest BCUT2D eigenvalue weighted by Gasteiger charge is 2.03. The first-order valence-electron chi connectivity index (χ1n) is 3.91. The Bertz CT molecular complexity index is 426. The van der Waals surface area contributed by atoms with Crippen molar-refractivity contribution in [3.63, 3.8) is 0 Å². The first kappa shape index (κ1) is 10.2. The van der Waals surface area contributed by atoms with Crippen molar-refractivity contribution in [1.29, 1.82) is 0 Å². The molecule has 0 aliphatic carbocycles. The van der Waals surface area contributed by atoms with E-state index in [0.29, 0.717) is 0 Å². The third-order valence-electron chi connectivity index (χ3n) is 1.98. The molecule has 2 N–H and O–H groups in total. The molecule has 0 saturated carbocycles. The predicted molar refractivity (Wildman–Crippen MR) is 49.5 cm³/mol. The SMILES string of the molecule is C[n+]1cc(N)cc2ccccc21.[I-]. The maximum Gasteiger partial charge on any atom is 0.212 e. The number of fused-ring (bicyclic) bond motifs is 1. The van der Waals surface area contributed by atoms with Crippen molar-refractivity contribution in [3.8, 4) is 0 Å². The van der Waals surface area contributed by atoms with E-state index in [1.54, 1.807) is 0 Å². The van der Waals surface area contributed by atoms with Gasteiger partial charge in [0, 0.05) is 11.5 Å². The predicted octanol–water partition coefficient (Wildman–Crippen LogP) is -1.75. The van der Waals surface area contributed by atoms with Gasteiger partial charge in [-0.3, -0.25) is 0 Å². The van der Waals surface area contributed by atoms with Crippen LogP contribution in [0.5, 0.6) is 0 Å². The minimum absolute atomic E-state index is 0. The largest absolute Gasteiger partial charge is 1.00 e. The van der Waals surface area contributed by atoms with Crippen LogP contribution < -0.4 is 34.3 Å². The molecule has 0 bridgehead atoms. The number of aromatic nitrogens is 1. The van der Waals surface area contributed by atoms with Crippen LogP contribution in [0.4, 0.5) is 5.69 Å². The molecular formula is C10H11IN2. The first-order valence-corrected chi connectivity index (χ1v) is 3.91. The summed E-state index contributed by atoms with van der Waals surface area (Å²) in [6, 6.07) is 10.2. The number of nitrogen functional groups attached to an aromatic ring is 1. The Hall–Kier alpha value is -0.840. The second-order valence-corrected chi connectivity index (χ2v) is 2.94. The van der Waals surface area contributed by atoms with E-state index in [-0.39, 0.29) is 24.0 Å². The summed E-state index contributed by atoms with van der Waals surface area (Å²) in [5, 5.41) is 1.18. The second-order valence-electron chi connectivity index (χ2n) is 2.94. The van der Waals surface area contributed by atoms with Crippen LogP contribution >= 0.6 is 0 Å². The fraction of sp³-hybridized carbons (Fsp3) is 0.100. The number of benzene rings is 1. The highest BCUT2D eigenvalue weighted by atomic mass is 127. The van der Waals surface area contributed by atoms with E-state index >= 15 is 0 Å². The molecule has 3 heteroatoms. The lowest BCUT2D eigenvalue weighted by Gasteiger charge is -1.96. The van der Waals surface area contributed by atoms with Crippen LogP contribution in [-0.4, -0.2) is 0 Å². The van der Waals surface area contributed by atoms with Crippen LogP contribution in [0.1, 0.15) is 0 Å². The lowest BCUT2D eigenvalue weighted by atomic mass is 10.2.